The lowest BCUT2D eigenvalue weighted by atomic mass is 9.97. The smallest absolute Gasteiger partial charge is 0.192 e. The molecule has 2 rings (SSSR count). The van der Waals surface area contributed by atoms with Crippen LogP contribution in [0.4, 0.5) is 11.4 Å². The lowest BCUT2D eigenvalue weighted by Gasteiger charge is -2.33. The first-order chi connectivity index (χ1) is 15.6. The van der Waals surface area contributed by atoms with E-state index in [9.17, 15) is 10.2 Å². The zero-order valence-corrected chi connectivity index (χ0v) is 21.2. The second kappa shape index (κ2) is 11.2. The van der Waals surface area contributed by atoms with Crippen molar-refractivity contribution in [1.29, 1.82) is 0 Å². The van der Waals surface area contributed by atoms with Crippen molar-refractivity contribution < 1.29 is 14.9 Å². The summed E-state index contributed by atoms with van der Waals surface area (Å²) < 4.78 is 5.64. The Balaban J connectivity index is 2.67. The Labute approximate surface area is 202 Å². The maximum absolute atomic E-state index is 10.6. The van der Waals surface area contributed by atoms with Gasteiger partial charge >= 0.3 is 0 Å². The lowest BCUT2D eigenvalue weighted by Crippen LogP contribution is -2.42. The van der Waals surface area contributed by atoms with Crippen LogP contribution >= 0.6 is 12.2 Å². The molecule has 0 aliphatic carbocycles. The van der Waals surface area contributed by atoms with E-state index in [1.54, 1.807) is 18.1 Å². The Morgan fingerprint density at radius 2 is 1.82 bits per heavy atom. The molecule has 0 saturated carbocycles. The second-order valence-corrected chi connectivity index (χ2v) is 8.84. The molecular formula is C25H36N4O3S. The highest BCUT2D eigenvalue weighted by atomic mass is 32.1. The van der Waals surface area contributed by atoms with Gasteiger partial charge in [-0.3, -0.25) is 4.90 Å². The van der Waals surface area contributed by atoms with E-state index in [2.05, 4.69) is 37.7 Å². The van der Waals surface area contributed by atoms with Gasteiger partial charge in [-0.2, -0.15) is 0 Å². The van der Waals surface area contributed by atoms with Gasteiger partial charge in [-0.05, 0) is 68.2 Å². The van der Waals surface area contributed by atoms with E-state index in [1.165, 1.54) is 6.07 Å². The van der Waals surface area contributed by atoms with Crippen LogP contribution in [0.2, 0.25) is 0 Å². The van der Waals surface area contributed by atoms with Crippen molar-refractivity contribution in [3.05, 3.63) is 48.0 Å². The number of hydrogen-bond donors (Lipinski definition) is 4. The number of hydrazine groups is 1. The summed E-state index contributed by atoms with van der Waals surface area (Å²) in [4.78, 5) is 3.93. The van der Waals surface area contributed by atoms with Crippen molar-refractivity contribution in [2.75, 3.05) is 23.5 Å². The Morgan fingerprint density at radius 3 is 2.33 bits per heavy atom. The first-order valence-electron chi connectivity index (χ1n) is 11.1. The molecule has 2 aromatic carbocycles. The number of rotatable bonds is 9. The van der Waals surface area contributed by atoms with Gasteiger partial charge in [0.15, 0.2) is 5.11 Å². The van der Waals surface area contributed by atoms with Crippen LogP contribution in [0.25, 0.3) is 5.70 Å². The molecule has 33 heavy (non-hydrogen) atoms. The fourth-order valence-corrected chi connectivity index (χ4v) is 4.02. The van der Waals surface area contributed by atoms with Crippen LogP contribution in [0.5, 0.6) is 17.2 Å². The number of nitrogens with zero attached hydrogens (tertiary/aromatic N) is 2. The fourth-order valence-electron chi connectivity index (χ4n) is 3.81. The number of ether oxygens (including phenoxy) is 1. The third kappa shape index (κ3) is 5.69. The summed E-state index contributed by atoms with van der Waals surface area (Å²) in [6.45, 7) is 15.4. The molecule has 0 aliphatic rings. The van der Waals surface area contributed by atoms with Gasteiger partial charge in [0.05, 0.1) is 24.2 Å². The SMILES string of the molecule is C=C(c1cc(C(C)C)c(O)cc1O)N(C(=S)NN)c1ccc(OC)c(N(CCC)C(C)C)c1. The quantitative estimate of drug-likeness (QED) is 0.228. The monoisotopic (exact) mass is 472 g/mol. The number of phenolic OH excluding ortho intramolecular Hbond substituents is 2. The molecule has 0 bridgehead atoms. The predicted octanol–water partition coefficient (Wildman–Crippen LogP) is 5.08. The Bertz CT molecular complexity index is 1010. The number of nitrogens with one attached hydrogen (secondary N) is 1. The van der Waals surface area contributed by atoms with Crippen LogP contribution in [0, 0.1) is 0 Å². The third-order valence-electron chi connectivity index (χ3n) is 5.49. The predicted molar refractivity (Wildman–Crippen MR) is 141 cm³/mol. The highest BCUT2D eigenvalue weighted by molar-refractivity contribution is 7.80. The number of benzene rings is 2. The summed E-state index contributed by atoms with van der Waals surface area (Å²) in [7, 11) is 1.65. The maximum Gasteiger partial charge on any atom is 0.192 e. The number of thiocarbonyl (C=S) groups is 1. The zero-order chi connectivity index (χ0) is 24.9. The largest absolute Gasteiger partial charge is 0.508 e. The van der Waals surface area contributed by atoms with E-state index >= 15 is 0 Å². The van der Waals surface area contributed by atoms with Crippen LogP contribution < -0.4 is 25.8 Å². The van der Waals surface area contributed by atoms with Gasteiger partial charge in [0.25, 0.3) is 0 Å². The molecule has 7 nitrogen and oxygen atoms in total. The maximum atomic E-state index is 10.6. The first-order valence-corrected chi connectivity index (χ1v) is 11.5. The van der Waals surface area contributed by atoms with Gasteiger partial charge in [-0.15, -0.1) is 0 Å². The zero-order valence-electron chi connectivity index (χ0n) is 20.3. The van der Waals surface area contributed by atoms with E-state index in [-0.39, 0.29) is 28.6 Å². The molecule has 180 valence electrons. The molecular weight excluding hydrogens is 436 g/mol. The van der Waals surface area contributed by atoms with Gasteiger partial charge in [-0.25, -0.2) is 5.84 Å². The van der Waals surface area contributed by atoms with E-state index < -0.39 is 0 Å². The molecule has 0 spiro atoms. The van der Waals surface area contributed by atoms with Crippen LogP contribution in [-0.4, -0.2) is 35.0 Å². The Kier molecular flexibility index (Phi) is 8.96. The van der Waals surface area contributed by atoms with Gasteiger partial charge in [0.1, 0.15) is 17.2 Å². The van der Waals surface area contributed by atoms with Crippen molar-refractivity contribution in [2.45, 2.75) is 53.0 Å². The highest BCUT2D eigenvalue weighted by Crippen LogP contribution is 2.40. The number of hydrogen-bond acceptors (Lipinski definition) is 6. The summed E-state index contributed by atoms with van der Waals surface area (Å²) in [5.74, 6) is 6.43. The number of anilines is 2. The minimum absolute atomic E-state index is 0.0315. The second-order valence-electron chi connectivity index (χ2n) is 8.46. The summed E-state index contributed by atoms with van der Waals surface area (Å²) in [6.07, 6.45) is 0.976. The van der Waals surface area contributed by atoms with Crippen molar-refractivity contribution in [1.82, 2.24) is 5.43 Å². The van der Waals surface area contributed by atoms with Crippen LogP contribution in [0.15, 0.2) is 36.9 Å². The van der Waals surface area contributed by atoms with Crippen molar-refractivity contribution in [2.24, 2.45) is 5.84 Å². The molecule has 0 unspecified atom stereocenters. The average Bonchev–Trinajstić information content (AvgIpc) is 2.76. The molecule has 0 heterocycles. The molecule has 0 aliphatic heterocycles. The average molecular weight is 473 g/mol. The first kappa shape index (κ1) is 26.3. The topological polar surface area (TPSA) is 94.2 Å². The Morgan fingerprint density at radius 1 is 1.15 bits per heavy atom. The summed E-state index contributed by atoms with van der Waals surface area (Å²) in [6, 6.07) is 9.03. The van der Waals surface area contributed by atoms with E-state index in [1.807, 2.05) is 32.0 Å². The molecule has 0 fully saturated rings. The summed E-state index contributed by atoms with van der Waals surface area (Å²) in [5.41, 5.74) is 5.71. The molecule has 0 radical (unpaired) electrons. The number of phenols is 2. The van der Waals surface area contributed by atoms with Crippen molar-refractivity contribution in [3.8, 4) is 17.2 Å². The van der Waals surface area contributed by atoms with Crippen LogP contribution in [0.1, 0.15) is 58.1 Å². The standard InChI is InChI=1S/C25H36N4O3S/c1-8-11-28(16(4)5)21-12-18(9-10-24(21)32-7)29(25(33)27-26)17(6)20-13-19(15(2)3)22(30)14-23(20)31/h9-10,12-16,30-31H,6,8,11,26H2,1-5,7H3,(H,27,33). The van der Waals surface area contributed by atoms with Gasteiger partial charge in [0.2, 0.25) is 0 Å². The third-order valence-corrected chi connectivity index (χ3v) is 5.79. The van der Waals surface area contributed by atoms with Crippen LogP contribution in [0.3, 0.4) is 0 Å². The molecule has 8 heteroatoms. The number of nitrogens with two attached hydrogens (primary N) is 1. The molecule has 5 N–H and O–H groups in total. The highest BCUT2D eigenvalue weighted by Gasteiger charge is 2.24. The number of methoxy groups -OCH3 is 1. The summed E-state index contributed by atoms with van der Waals surface area (Å²) >= 11 is 5.51. The molecule has 0 atom stereocenters. The fraction of sp³-hybridized carbons (Fsp3) is 0.400. The Hall–Kier alpha value is -2.97. The minimum Gasteiger partial charge on any atom is -0.508 e. The summed E-state index contributed by atoms with van der Waals surface area (Å²) in [5, 5.41) is 21.1. The minimum atomic E-state index is -0.102. The normalized spacial score (nSPS) is 10.9. The van der Waals surface area contributed by atoms with Gasteiger partial charge in [0, 0.05) is 24.2 Å². The van der Waals surface area contributed by atoms with Crippen molar-refractivity contribution >= 4 is 34.4 Å². The van der Waals surface area contributed by atoms with Gasteiger partial charge < -0.3 is 25.3 Å². The van der Waals surface area contributed by atoms with Crippen molar-refractivity contribution in [3.63, 3.8) is 0 Å². The molecule has 0 saturated heterocycles. The lowest BCUT2D eigenvalue weighted by molar-refractivity contribution is 0.413. The molecule has 0 amide bonds. The molecule has 0 aromatic heterocycles. The van der Waals surface area contributed by atoms with Crippen LogP contribution in [-0.2, 0) is 0 Å². The van der Waals surface area contributed by atoms with E-state index in [4.69, 9.17) is 22.8 Å². The number of aromatic hydroxyl groups is 2. The molecule has 2 aromatic rings. The van der Waals surface area contributed by atoms with Gasteiger partial charge in [-0.1, -0.05) is 27.4 Å². The van der Waals surface area contributed by atoms with E-state index in [0.29, 0.717) is 22.5 Å². The van der Waals surface area contributed by atoms with E-state index in [0.717, 1.165) is 24.4 Å².